The molecule has 250 valence electrons. The number of benzene rings is 1. The van der Waals surface area contributed by atoms with E-state index in [1.807, 2.05) is 7.05 Å². The van der Waals surface area contributed by atoms with Crippen LogP contribution in [-0.2, 0) is 30.4 Å². The Bertz CT molecular complexity index is 1380. The Kier molecular flexibility index (Phi) is 11.8. The van der Waals surface area contributed by atoms with Crippen LogP contribution in [0.3, 0.4) is 0 Å². The molecular formula is C33H42F3N5O5. The number of carbonyl (C=O) groups is 5. The molecule has 2 aliphatic carbocycles. The molecule has 4 rings (SSSR count). The summed E-state index contributed by atoms with van der Waals surface area (Å²) in [6, 6.07) is 1.73. The zero-order chi connectivity index (χ0) is 33.4. The van der Waals surface area contributed by atoms with Crippen LogP contribution in [0.5, 0.6) is 0 Å². The molecule has 0 bridgehead atoms. The maximum Gasteiger partial charge on any atom is 0.349 e. The minimum absolute atomic E-state index is 0.0216. The first-order valence-electron chi connectivity index (χ1n) is 15.8. The third kappa shape index (κ3) is 8.83. The van der Waals surface area contributed by atoms with E-state index in [4.69, 9.17) is 0 Å². The second-order valence-electron chi connectivity index (χ2n) is 12.2. The summed E-state index contributed by atoms with van der Waals surface area (Å²) in [5.41, 5.74) is -0.441. The van der Waals surface area contributed by atoms with Crippen molar-refractivity contribution in [2.45, 2.75) is 76.3 Å². The summed E-state index contributed by atoms with van der Waals surface area (Å²) in [5, 5.41) is 7.40. The quantitative estimate of drug-likeness (QED) is 0.340. The van der Waals surface area contributed by atoms with E-state index in [0.29, 0.717) is 44.6 Å². The Morgan fingerprint density at radius 3 is 2.30 bits per heavy atom. The topological polar surface area (TPSA) is 128 Å². The number of hydrogen-bond donors (Lipinski definition) is 3. The predicted molar refractivity (Wildman–Crippen MR) is 165 cm³/mol. The second-order valence-corrected chi connectivity index (χ2v) is 12.2. The van der Waals surface area contributed by atoms with Crippen LogP contribution >= 0.6 is 0 Å². The van der Waals surface area contributed by atoms with Crippen molar-refractivity contribution in [1.82, 2.24) is 20.4 Å². The van der Waals surface area contributed by atoms with Crippen molar-refractivity contribution in [3.05, 3.63) is 53.4 Å². The lowest BCUT2D eigenvalue weighted by Crippen LogP contribution is -2.54. The van der Waals surface area contributed by atoms with Crippen LogP contribution in [-0.4, -0.2) is 90.4 Å². The third-order valence-electron chi connectivity index (χ3n) is 8.81. The van der Waals surface area contributed by atoms with E-state index < -0.39 is 47.1 Å². The molecule has 0 radical (unpaired) electrons. The molecule has 0 aromatic heterocycles. The molecule has 2 fully saturated rings. The number of piperazine rings is 1. The zero-order valence-electron chi connectivity index (χ0n) is 26.3. The van der Waals surface area contributed by atoms with Crippen molar-refractivity contribution in [2.24, 2.45) is 5.92 Å². The number of anilines is 1. The number of rotatable bonds is 11. The summed E-state index contributed by atoms with van der Waals surface area (Å²) >= 11 is 0. The molecule has 2 unspecified atom stereocenters. The van der Waals surface area contributed by atoms with Crippen molar-refractivity contribution >= 4 is 35.1 Å². The summed E-state index contributed by atoms with van der Waals surface area (Å²) in [6.45, 7) is 4.07. The van der Waals surface area contributed by atoms with Crippen LogP contribution in [0, 0.1) is 11.7 Å². The van der Waals surface area contributed by atoms with Gasteiger partial charge < -0.3 is 25.8 Å². The number of carbonyl (C=O) groups excluding carboxylic acids is 5. The summed E-state index contributed by atoms with van der Waals surface area (Å²) in [4.78, 5) is 67.0. The number of likely N-dealkylation sites (N-methyl/N-ethyl adjacent to an activating group) is 1. The Morgan fingerprint density at radius 2 is 1.70 bits per heavy atom. The SMILES string of the molecule is CCC(=O)NC(Cc1ccc(NC(=O)C(NC(=O)C(F)(F)C2=CCC(=O)C=C2)C2CCCCC2)c(F)c1)C(=O)N1CCN(C)CC1. The molecule has 4 amide bonds. The highest BCUT2D eigenvalue weighted by atomic mass is 19.3. The Balaban J connectivity index is 1.48. The molecule has 3 N–H and O–H groups in total. The minimum atomic E-state index is -3.98. The Hall–Kier alpha value is -4.00. The number of ketones is 1. The van der Waals surface area contributed by atoms with Gasteiger partial charge in [0.05, 0.1) is 5.69 Å². The summed E-state index contributed by atoms with van der Waals surface area (Å²) in [5.74, 6) is -8.69. The molecule has 1 saturated carbocycles. The first kappa shape index (κ1) is 34.9. The standard InChI is InChI=1S/C33H42F3N5O5/c1-3-28(43)37-27(31(45)41-17-15-40(2)16-18-41)20-21-9-14-26(25(34)19-21)38-30(44)29(22-7-5-4-6-8-22)39-32(46)33(35,36)23-10-12-24(42)13-11-23/h9-12,14,19,22,27,29H,3-8,13,15-18,20H2,1-2H3,(H,37,43)(H,38,44)(H,39,46). The van der Waals surface area contributed by atoms with E-state index in [1.165, 1.54) is 12.1 Å². The van der Waals surface area contributed by atoms with Gasteiger partial charge in [0.25, 0.3) is 5.91 Å². The van der Waals surface area contributed by atoms with Gasteiger partial charge in [0.2, 0.25) is 17.7 Å². The van der Waals surface area contributed by atoms with E-state index in [9.17, 15) is 24.0 Å². The monoisotopic (exact) mass is 645 g/mol. The number of alkyl halides is 2. The Labute approximate surface area is 266 Å². The predicted octanol–water partition coefficient (Wildman–Crippen LogP) is 3.13. The van der Waals surface area contributed by atoms with Gasteiger partial charge in [-0.25, -0.2) is 4.39 Å². The van der Waals surface area contributed by atoms with Gasteiger partial charge >= 0.3 is 5.92 Å². The number of hydrogen-bond acceptors (Lipinski definition) is 6. The van der Waals surface area contributed by atoms with Crippen LogP contribution in [0.25, 0.3) is 0 Å². The lowest BCUT2D eigenvalue weighted by atomic mass is 9.83. The van der Waals surface area contributed by atoms with Gasteiger partial charge in [0.15, 0.2) is 5.78 Å². The van der Waals surface area contributed by atoms with E-state index in [1.54, 1.807) is 11.8 Å². The Morgan fingerprint density at radius 1 is 1.00 bits per heavy atom. The molecule has 13 heteroatoms. The summed E-state index contributed by atoms with van der Waals surface area (Å²) in [6.07, 6.45) is 6.27. The van der Waals surface area contributed by atoms with Crippen LogP contribution in [0.1, 0.15) is 57.4 Å². The molecular weight excluding hydrogens is 603 g/mol. The van der Waals surface area contributed by atoms with Crippen LogP contribution < -0.4 is 16.0 Å². The third-order valence-corrected chi connectivity index (χ3v) is 8.81. The normalized spacial score (nSPS) is 19.2. The van der Waals surface area contributed by atoms with Gasteiger partial charge in [0.1, 0.15) is 17.9 Å². The van der Waals surface area contributed by atoms with Crippen LogP contribution in [0.2, 0.25) is 0 Å². The van der Waals surface area contributed by atoms with E-state index >= 15 is 13.2 Å². The number of halogens is 3. The number of allylic oxidation sites excluding steroid dienone is 3. The summed E-state index contributed by atoms with van der Waals surface area (Å²) in [7, 11) is 1.96. The molecule has 1 heterocycles. The van der Waals surface area contributed by atoms with Crippen LogP contribution in [0.15, 0.2) is 42.0 Å². The van der Waals surface area contributed by atoms with Gasteiger partial charge in [-0.1, -0.05) is 38.3 Å². The first-order valence-corrected chi connectivity index (χ1v) is 15.8. The fourth-order valence-electron chi connectivity index (χ4n) is 5.97. The highest BCUT2D eigenvalue weighted by molar-refractivity contribution is 6.00. The van der Waals surface area contributed by atoms with Gasteiger partial charge in [0, 0.05) is 51.0 Å². The molecule has 1 aromatic carbocycles. The molecule has 0 spiro atoms. The van der Waals surface area contributed by atoms with Gasteiger partial charge in [-0.3, -0.25) is 24.0 Å². The number of amides is 4. The van der Waals surface area contributed by atoms with Crippen molar-refractivity contribution in [3.8, 4) is 0 Å². The molecule has 10 nitrogen and oxygen atoms in total. The van der Waals surface area contributed by atoms with E-state index in [-0.39, 0.29) is 42.5 Å². The molecule has 3 aliphatic rings. The van der Waals surface area contributed by atoms with Gasteiger partial charge in [-0.2, -0.15) is 8.78 Å². The minimum Gasteiger partial charge on any atom is -0.344 e. The van der Waals surface area contributed by atoms with Gasteiger partial charge in [-0.05, 0) is 55.7 Å². The van der Waals surface area contributed by atoms with Crippen molar-refractivity contribution in [3.63, 3.8) is 0 Å². The number of nitrogens with zero attached hydrogens (tertiary/aromatic N) is 2. The maximum atomic E-state index is 15.4. The largest absolute Gasteiger partial charge is 0.349 e. The van der Waals surface area contributed by atoms with Crippen molar-refractivity contribution in [1.29, 1.82) is 0 Å². The van der Waals surface area contributed by atoms with E-state index in [2.05, 4.69) is 20.9 Å². The molecule has 1 aromatic rings. The van der Waals surface area contributed by atoms with Gasteiger partial charge in [-0.15, -0.1) is 0 Å². The smallest absolute Gasteiger partial charge is 0.344 e. The first-order chi connectivity index (χ1) is 21.9. The molecule has 1 saturated heterocycles. The lowest BCUT2D eigenvalue weighted by Gasteiger charge is -2.34. The zero-order valence-corrected chi connectivity index (χ0v) is 26.3. The fraction of sp³-hybridized carbons (Fsp3) is 0.545. The molecule has 46 heavy (non-hydrogen) atoms. The highest BCUT2D eigenvalue weighted by Gasteiger charge is 2.45. The molecule has 1 aliphatic heterocycles. The van der Waals surface area contributed by atoms with E-state index in [0.717, 1.165) is 43.6 Å². The highest BCUT2D eigenvalue weighted by Crippen LogP contribution is 2.31. The fourth-order valence-corrected chi connectivity index (χ4v) is 5.97. The van der Waals surface area contributed by atoms with Crippen LogP contribution in [0.4, 0.5) is 18.9 Å². The average molecular weight is 646 g/mol. The lowest BCUT2D eigenvalue weighted by molar-refractivity contribution is -0.143. The second kappa shape index (κ2) is 15.5. The van der Waals surface area contributed by atoms with Crippen molar-refractivity contribution < 1.29 is 37.1 Å². The molecule has 2 atom stereocenters. The summed E-state index contributed by atoms with van der Waals surface area (Å²) < 4.78 is 45.5. The van der Waals surface area contributed by atoms with Crippen molar-refractivity contribution in [2.75, 3.05) is 38.5 Å². The average Bonchev–Trinajstić information content (AvgIpc) is 3.04. The number of nitrogens with one attached hydrogen (secondary N) is 3. The maximum absolute atomic E-state index is 15.4.